The number of H-pyrrole nitrogens is 1. The summed E-state index contributed by atoms with van der Waals surface area (Å²) < 4.78 is 1.70. The Kier molecular flexibility index (Phi) is 2.96. The number of halogens is 1. The topological polar surface area (TPSA) is 76.9 Å². The highest BCUT2D eigenvalue weighted by atomic mass is 35.5. The number of nitrogens with one attached hydrogen (secondary N) is 1. The first kappa shape index (κ1) is 12.4. The second kappa shape index (κ2) is 4.30. The zero-order valence-corrected chi connectivity index (χ0v) is 10.5. The van der Waals surface area contributed by atoms with Crippen LogP contribution in [0.1, 0.15) is 5.56 Å². The molecule has 0 atom stereocenters. The molecule has 0 aliphatic heterocycles. The zero-order chi connectivity index (χ0) is 13.4. The SMILES string of the molecule is Cc1cc(-n2c(=O)[nH]c(=O)n(C)c2=O)ccc1Cl. The van der Waals surface area contributed by atoms with E-state index in [9.17, 15) is 14.4 Å². The second-order valence-corrected chi connectivity index (χ2v) is 4.25. The second-order valence-electron chi connectivity index (χ2n) is 3.85. The molecular formula is C11H10ClN3O3. The van der Waals surface area contributed by atoms with Crippen LogP contribution in [0.4, 0.5) is 0 Å². The monoisotopic (exact) mass is 267 g/mol. The highest BCUT2D eigenvalue weighted by Gasteiger charge is 2.09. The van der Waals surface area contributed by atoms with Gasteiger partial charge in [-0.1, -0.05) is 11.6 Å². The molecule has 0 bridgehead atoms. The molecule has 0 aliphatic rings. The van der Waals surface area contributed by atoms with Gasteiger partial charge in [0.15, 0.2) is 0 Å². The van der Waals surface area contributed by atoms with Crippen molar-refractivity contribution < 1.29 is 0 Å². The Morgan fingerprint density at radius 3 is 2.44 bits per heavy atom. The Bertz CT molecular complexity index is 785. The summed E-state index contributed by atoms with van der Waals surface area (Å²) in [6.07, 6.45) is 0. The molecule has 0 saturated carbocycles. The molecule has 1 heterocycles. The molecule has 0 amide bonds. The van der Waals surface area contributed by atoms with Gasteiger partial charge in [0, 0.05) is 12.1 Å². The maximum atomic E-state index is 11.9. The molecule has 18 heavy (non-hydrogen) atoms. The van der Waals surface area contributed by atoms with E-state index in [1.807, 2.05) is 0 Å². The molecule has 0 unspecified atom stereocenters. The third kappa shape index (κ3) is 1.91. The van der Waals surface area contributed by atoms with Crippen molar-refractivity contribution in [2.75, 3.05) is 0 Å². The molecule has 94 valence electrons. The molecule has 6 nitrogen and oxygen atoms in total. The lowest BCUT2D eigenvalue weighted by molar-refractivity contribution is 0.660. The molecule has 0 saturated heterocycles. The van der Waals surface area contributed by atoms with E-state index in [0.717, 1.165) is 14.7 Å². The molecule has 1 aromatic carbocycles. The van der Waals surface area contributed by atoms with Crippen LogP contribution in [-0.2, 0) is 7.05 Å². The zero-order valence-electron chi connectivity index (χ0n) is 9.73. The molecule has 1 N–H and O–H groups in total. The van der Waals surface area contributed by atoms with E-state index in [2.05, 4.69) is 4.98 Å². The fourth-order valence-corrected chi connectivity index (χ4v) is 1.67. The first-order valence-electron chi connectivity index (χ1n) is 5.10. The smallest absolute Gasteiger partial charge is 0.258 e. The summed E-state index contributed by atoms with van der Waals surface area (Å²) in [6.45, 7) is 1.76. The average molecular weight is 268 g/mol. The van der Waals surface area contributed by atoms with Crippen LogP contribution in [0.2, 0.25) is 5.02 Å². The van der Waals surface area contributed by atoms with Crippen molar-refractivity contribution in [3.63, 3.8) is 0 Å². The van der Waals surface area contributed by atoms with Crippen molar-refractivity contribution in [1.29, 1.82) is 0 Å². The molecule has 1 aromatic heterocycles. The third-order valence-corrected chi connectivity index (χ3v) is 3.02. The van der Waals surface area contributed by atoms with Crippen molar-refractivity contribution in [2.24, 2.45) is 7.05 Å². The summed E-state index contributed by atoms with van der Waals surface area (Å²) in [7, 11) is 1.29. The average Bonchev–Trinajstić information content (AvgIpc) is 2.31. The van der Waals surface area contributed by atoms with Gasteiger partial charge in [-0.05, 0) is 30.7 Å². The van der Waals surface area contributed by atoms with Gasteiger partial charge < -0.3 is 0 Å². The maximum absolute atomic E-state index is 11.9. The number of aryl methyl sites for hydroxylation is 1. The Hall–Kier alpha value is -2.08. The standard InChI is InChI=1S/C11H10ClN3O3/c1-6-5-7(3-4-8(6)12)15-10(17)13-9(16)14(2)11(15)18/h3-5H,1-2H3,(H,13,16,17). The Morgan fingerprint density at radius 2 is 1.83 bits per heavy atom. The summed E-state index contributed by atoms with van der Waals surface area (Å²) in [6, 6.07) is 4.73. The summed E-state index contributed by atoms with van der Waals surface area (Å²) in [5, 5.41) is 0.535. The number of aromatic amines is 1. The summed E-state index contributed by atoms with van der Waals surface area (Å²) in [4.78, 5) is 36.9. The predicted octanol–water partition coefficient (Wildman–Crippen LogP) is 0.186. The van der Waals surface area contributed by atoms with Crippen LogP contribution in [0.25, 0.3) is 5.69 Å². The minimum absolute atomic E-state index is 0.360. The van der Waals surface area contributed by atoms with Gasteiger partial charge in [-0.2, -0.15) is 0 Å². The van der Waals surface area contributed by atoms with Crippen LogP contribution in [0.3, 0.4) is 0 Å². The highest BCUT2D eigenvalue weighted by Crippen LogP contribution is 2.17. The molecular weight excluding hydrogens is 258 g/mol. The Labute approximate surface area is 106 Å². The van der Waals surface area contributed by atoms with Crippen LogP contribution < -0.4 is 17.1 Å². The van der Waals surface area contributed by atoms with E-state index in [4.69, 9.17) is 11.6 Å². The van der Waals surface area contributed by atoms with Gasteiger partial charge >= 0.3 is 17.1 Å². The lowest BCUT2D eigenvalue weighted by Gasteiger charge is -2.07. The van der Waals surface area contributed by atoms with Crippen molar-refractivity contribution in [3.05, 3.63) is 60.2 Å². The number of nitrogens with zero attached hydrogens (tertiary/aromatic N) is 2. The van der Waals surface area contributed by atoms with E-state index < -0.39 is 17.1 Å². The summed E-state index contributed by atoms with van der Waals surface area (Å²) in [5.74, 6) is 0. The normalized spacial score (nSPS) is 10.6. The molecule has 0 aliphatic carbocycles. The Balaban J connectivity index is 2.84. The maximum Gasteiger partial charge on any atom is 0.340 e. The minimum Gasteiger partial charge on any atom is -0.258 e. The van der Waals surface area contributed by atoms with Crippen LogP contribution in [0.15, 0.2) is 32.6 Å². The first-order chi connectivity index (χ1) is 8.41. The number of rotatable bonds is 1. The molecule has 0 spiro atoms. The number of hydrogen-bond donors (Lipinski definition) is 1. The van der Waals surface area contributed by atoms with Gasteiger partial charge in [0.25, 0.3) is 0 Å². The van der Waals surface area contributed by atoms with Gasteiger partial charge in [0.2, 0.25) is 0 Å². The predicted molar refractivity (Wildman–Crippen MR) is 67.6 cm³/mol. The van der Waals surface area contributed by atoms with Crippen molar-refractivity contribution in [2.45, 2.75) is 6.92 Å². The molecule has 0 fully saturated rings. The van der Waals surface area contributed by atoms with Gasteiger partial charge in [-0.15, -0.1) is 0 Å². The van der Waals surface area contributed by atoms with Crippen LogP contribution in [0, 0.1) is 6.92 Å². The van der Waals surface area contributed by atoms with Crippen LogP contribution in [0.5, 0.6) is 0 Å². The number of aromatic nitrogens is 3. The number of benzene rings is 1. The van der Waals surface area contributed by atoms with Crippen molar-refractivity contribution >= 4 is 11.6 Å². The largest absolute Gasteiger partial charge is 0.340 e. The third-order valence-electron chi connectivity index (χ3n) is 2.60. The van der Waals surface area contributed by atoms with E-state index in [1.165, 1.54) is 13.1 Å². The summed E-state index contributed by atoms with van der Waals surface area (Å²) >= 11 is 5.88. The molecule has 2 rings (SSSR count). The van der Waals surface area contributed by atoms with E-state index in [1.54, 1.807) is 19.1 Å². The van der Waals surface area contributed by atoms with Crippen LogP contribution >= 0.6 is 11.6 Å². The first-order valence-corrected chi connectivity index (χ1v) is 5.48. The Morgan fingerprint density at radius 1 is 1.17 bits per heavy atom. The fourth-order valence-electron chi connectivity index (χ4n) is 1.55. The quantitative estimate of drug-likeness (QED) is 0.801. The minimum atomic E-state index is -0.773. The lowest BCUT2D eigenvalue weighted by Crippen LogP contribution is -2.47. The van der Waals surface area contributed by atoms with E-state index in [0.29, 0.717) is 10.7 Å². The van der Waals surface area contributed by atoms with Gasteiger partial charge in [0.05, 0.1) is 5.69 Å². The number of hydrogen-bond acceptors (Lipinski definition) is 3. The molecule has 0 radical (unpaired) electrons. The summed E-state index contributed by atoms with van der Waals surface area (Å²) in [5.41, 5.74) is -1.13. The van der Waals surface area contributed by atoms with Crippen molar-refractivity contribution in [3.8, 4) is 5.69 Å². The highest BCUT2D eigenvalue weighted by molar-refractivity contribution is 6.31. The fraction of sp³-hybridized carbons (Fsp3) is 0.182. The van der Waals surface area contributed by atoms with Crippen LogP contribution in [-0.4, -0.2) is 14.1 Å². The molecule has 2 aromatic rings. The van der Waals surface area contributed by atoms with Crippen molar-refractivity contribution in [1.82, 2.24) is 14.1 Å². The van der Waals surface area contributed by atoms with Gasteiger partial charge in [-0.3, -0.25) is 4.98 Å². The molecule has 7 heteroatoms. The lowest BCUT2D eigenvalue weighted by atomic mass is 10.2. The van der Waals surface area contributed by atoms with E-state index >= 15 is 0 Å². The van der Waals surface area contributed by atoms with E-state index in [-0.39, 0.29) is 0 Å². The van der Waals surface area contributed by atoms with Gasteiger partial charge in [0.1, 0.15) is 0 Å². The van der Waals surface area contributed by atoms with Gasteiger partial charge in [-0.25, -0.2) is 23.5 Å².